The zero-order valence-electron chi connectivity index (χ0n) is 13.3. The lowest BCUT2D eigenvalue weighted by atomic mass is 9.94. The van der Waals surface area contributed by atoms with E-state index >= 15 is 0 Å². The third kappa shape index (κ3) is 4.32. The van der Waals surface area contributed by atoms with E-state index < -0.39 is 0 Å². The number of aryl methyl sites for hydroxylation is 1. The molecule has 0 saturated carbocycles. The van der Waals surface area contributed by atoms with E-state index in [0.717, 1.165) is 12.5 Å². The van der Waals surface area contributed by atoms with Crippen LogP contribution >= 0.6 is 0 Å². The highest BCUT2D eigenvalue weighted by molar-refractivity contribution is 5.14. The second-order valence-corrected chi connectivity index (χ2v) is 6.35. The smallest absolute Gasteiger partial charge is 0.0246 e. The molecule has 0 aliphatic carbocycles. The maximum Gasteiger partial charge on any atom is 0.0246 e. The van der Waals surface area contributed by atoms with E-state index in [1.165, 1.54) is 37.9 Å². The lowest BCUT2D eigenvalue weighted by Crippen LogP contribution is -2.57. The van der Waals surface area contributed by atoms with Crippen LogP contribution in [-0.2, 0) is 6.42 Å². The molecule has 1 heterocycles. The molecule has 1 fully saturated rings. The van der Waals surface area contributed by atoms with E-state index in [1.807, 2.05) is 0 Å². The van der Waals surface area contributed by atoms with Crippen LogP contribution in [0, 0.1) is 5.92 Å². The highest BCUT2D eigenvalue weighted by atomic mass is 15.2. The third-order valence-electron chi connectivity index (χ3n) is 4.71. The molecular weight excluding hydrogens is 244 g/mol. The molecule has 1 saturated heterocycles. The van der Waals surface area contributed by atoms with Crippen molar-refractivity contribution in [2.75, 3.05) is 19.6 Å². The molecule has 1 aromatic rings. The van der Waals surface area contributed by atoms with E-state index in [2.05, 4.69) is 61.3 Å². The number of rotatable bonds is 6. The van der Waals surface area contributed by atoms with E-state index in [9.17, 15) is 0 Å². The molecule has 0 spiro atoms. The summed E-state index contributed by atoms with van der Waals surface area (Å²) in [6.45, 7) is 10.6. The molecule has 3 atom stereocenters. The summed E-state index contributed by atoms with van der Waals surface area (Å²) in [4.78, 5) is 2.72. The molecule has 20 heavy (non-hydrogen) atoms. The Morgan fingerprint density at radius 1 is 1.30 bits per heavy atom. The van der Waals surface area contributed by atoms with Crippen LogP contribution in [0.4, 0.5) is 0 Å². The fourth-order valence-corrected chi connectivity index (χ4v) is 3.22. The first-order valence-electron chi connectivity index (χ1n) is 8.22. The van der Waals surface area contributed by atoms with Crippen LogP contribution in [0.5, 0.6) is 0 Å². The lowest BCUT2D eigenvalue weighted by Gasteiger charge is -2.42. The number of piperazine rings is 1. The molecule has 0 radical (unpaired) electrons. The topological polar surface area (TPSA) is 15.3 Å². The van der Waals surface area contributed by atoms with Crippen LogP contribution in [0.3, 0.4) is 0 Å². The maximum absolute atomic E-state index is 3.64. The zero-order chi connectivity index (χ0) is 14.4. The summed E-state index contributed by atoms with van der Waals surface area (Å²) < 4.78 is 0. The predicted octanol–water partition coefficient (Wildman–Crippen LogP) is 3.33. The van der Waals surface area contributed by atoms with Gasteiger partial charge in [-0.25, -0.2) is 0 Å². The lowest BCUT2D eigenvalue weighted by molar-refractivity contribution is 0.0946. The molecule has 1 aliphatic heterocycles. The van der Waals surface area contributed by atoms with Gasteiger partial charge in [-0.05, 0) is 37.8 Å². The van der Waals surface area contributed by atoms with Gasteiger partial charge in [0.1, 0.15) is 0 Å². The summed E-state index contributed by atoms with van der Waals surface area (Å²) >= 11 is 0. The molecule has 0 amide bonds. The van der Waals surface area contributed by atoms with E-state index in [1.54, 1.807) is 0 Å². The Morgan fingerprint density at radius 2 is 2.05 bits per heavy atom. The molecule has 2 rings (SSSR count). The van der Waals surface area contributed by atoms with Crippen molar-refractivity contribution in [3.8, 4) is 0 Å². The van der Waals surface area contributed by atoms with Gasteiger partial charge in [0.2, 0.25) is 0 Å². The molecular formula is C18H30N2. The molecule has 1 aromatic carbocycles. The van der Waals surface area contributed by atoms with Crippen LogP contribution in [0.2, 0.25) is 0 Å². The van der Waals surface area contributed by atoms with Gasteiger partial charge in [-0.3, -0.25) is 4.90 Å². The highest BCUT2D eigenvalue weighted by Gasteiger charge is 2.28. The van der Waals surface area contributed by atoms with Gasteiger partial charge in [0, 0.05) is 25.2 Å². The van der Waals surface area contributed by atoms with E-state index in [4.69, 9.17) is 0 Å². The van der Waals surface area contributed by atoms with Gasteiger partial charge in [0.25, 0.3) is 0 Å². The molecule has 2 nitrogen and oxygen atoms in total. The standard InChI is InChI=1S/C18H30N2/c1-4-15(2)18-13-19-16(3)14-20(18)12-8-11-17-9-6-5-7-10-17/h5-7,9-10,15-16,18-19H,4,8,11-14H2,1-3H3. The van der Waals surface area contributed by atoms with Crippen molar-refractivity contribution in [2.24, 2.45) is 5.92 Å². The first kappa shape index (κ1) is 15.5. The molecule has 1 aliphatic rings. The van der Waals surface area contributed by atoms with Crippen molar-refractivity contribution < 1.29 is 0 Å². The Morgan fingerprint density at radius 3 is 2.75 bits per heavy atom. The van der Waals surface area contributed by atoms with Crippen molar-refractivity contribution in [2.45, 2.75) is 52.1 Å². The minimum atomic E-state index is 0.632. The Kier molecular flexibility index (Phi) is 6.06. The second kappa shape index (κ2) is 7.80. The average molecular weight is 274 g/mol. The van der Waals surface area contributed by atoms with Crippen LogP contribution in [-0.4, -0.2) is 36.6 Å². The Labute approximate surface area is 124 Å². The Balaban J connectivity index is 1.84. The van der Waals surface area contributed by atoms with Crippen LogP contribution in [0.25, 0.3) is 0 Å². The monoisotopic (exact) mass is 274 g/mol. The first-order chi connectivity index (χ1) is 9.70. The van der Waals surface area contributed by atoms with Gasteiger partial charge in [-0.1, -0.05) is 50.6 Å². The van der Waals surface area contributed by atoms with E-state index in [-0.39, 0.29) is 0 Å². The molecule has 0 aromatic heterocycles. The summed E-state index contributed by atoms with van der Waals surface area (Å²) in [5.74, 6) is 0.784. The van der Waals surface area contributed by atoms with Crippen LogP contribution < -0.4 is 5.32 Å². The summed E-state index contributed by atoms with van der Waals surface area (Å²) in [7, 11) is 0. The Bertz CT molecular complexity index is 376. The number of benzene rings is 1. The van der Waals surface area contributed by atoms with Crippen molar-refractivity contribution in [1.29, 1.82) is 0 Å². The zero-order valence-corrected chi connectivity index (χ0v) is 13.3. The van der Waals surface area contributed by atoms with E-state index in [0.29, 0.717) is 12.1 Å². The minimum absolute atomic E-state index is 0.632. The SMILES string of the molecule is CCC(C)C1CNC(C)CN1CCCc1ccccc1. The van der Waals surface area contributed by atoms with Crippen LogP contribution in [0.15, 0.2) is 30.3 Å². The number of hydrogen-bond donors (Lipinski definition) is 1. The van der Waals surface area contributed by atoms with Crippen molar-refractivity contribution >= 4 is 0 Å². The van der Waals surface area contributed by atoms with Gasteiger partial charge in [0.05, 0.1) is 0 Å². The quantitative estimate of drug-likeness (QED) is 0.856. The third-order valence-corrected chi connectivity index (χ3v) is 4.71. The summed E-state index contributed by atoms with van der Waals surface area (Å²) in [5, 5.41) is 3.64. The molecule has 1 N–H and O–H groups in total. The van der Waals surface area contributed by atoms with Crippen molar-refractivity contribution in [3.05, 3.63) is 35.9 Å². The summed E-state index contributed by atoms with van der Waals surface area (Å²) in [6.07, 6.45) is 3.74. The number of hydrogen-bond acceptors (Lipinski definition) is 2. The van der Waals surface area contributed by atoms with Crippen molar-refractivity contribution in [1.82, 2.24) is 10.2 Å². The molecule has 112 valence electrons. The molecule has 3 unspecified atom stereocenters. The minimum Gasteiger partial charge on any atom is -0.311 e. The number of nitrogens with one attached hydrogen (secondary N) is 1. The fourth-order valence-electron chi connectivity index (χ4n) is 3.22. The maximum atomic E-state index is 3.64. The van der Waals surface area contributed by atoms with Crippen molar-refractivity contribution in [3.63, 3.8) is 0 Å². The fraction of sp³-hybridized carbons (Fsp3) is 0.667. The van der Waals surface area contributed by atoms with Gasteiger partial charge >= 0.3 is 0 Å². The molecule has 2 heteroatoms. The Hall–Kier alpha value is -0.860. The van der Waals surface area contributed by atoms with Gasteiger partial charge < -0.3 is 5.32 Å². The molecule has 0 bridgehead atoms. The summed E-state index contributed by atoms with van der Waals surface area (Å²) in [5.41, 5.74) is 1.47. The second-order valence-electron chi connectivity index (χ2n) is 6.35. The summed E-state index contributed by atoms with van der Waals surface area (Å²) in [6, 6.07) is 12.2. The largest absolute Gasteiger partial charge is 0.311 e. The van der Waals surface area contributed by atoms with Crippen LogP contribution in [0.1, 0.15) is 39.2 Å². The normalized spacial score (nSPS) is 25.6. The van der Waals surface area contributed by atoms with Gasteiger partial charge in [0.15, 0.2) is 0 Å². The van der Waals surface area contributed by atoms with Gasteiger partial charge in [-0.2, -0.15) is 0 Å². The van der Waals surface area contributed by atoms with Gasteiger partial charge in [-0.15, -0.1) is 0 Å². The average Bonchev–Trinajstić information content (AvgIpc) is 2.48. The highest BCUT2D eigenvalue weighted by Crippen LogP contribution is 2.18. The number of nitrogens with zero attached hydrogens (tertiary/aromatic N) is 1. The first-order valence-corrected chi connectivity index (χ1v) is 8.22. The predicted molar refractivity (Wildman–Crippen MR) is 87.0 cm³/mol.